The molecule has 16 heavy (non-hydrogen) atoms. The van der Waals surface area contributed by atoms with Gasteiger partial charge in [0.25, 0.3) is 0 Å². The summed E-state index contributed by atoms with van der Waals surface area (Å²) in [5.74, 6) is -2.51. The Morgan fingerprint density at radius 3 is 2.31 bits per heavy atom. The minimum absolute atomic E-state index is 0.0391. The Kier molecular flexibility index (Phi) is 2.97. The van der Waals surface area contributed by atoms with E-state index in [0.717, 1.165) is 12.8 Å². The SMILES string of the molecule is O=C(O)C(F)=C(c1ccc(Cl)cc1)C1CC1. The standard InChI is InChI=1S/C12H10ClFO2/c13-9-5-3-8(4-6-9)10(7-1-2-7)11(14)12(15)16/h3-7H,1-2H2,(H,15,16). The van der Waals surface area contributed by atoms with Gasteiger partial charge in [-0.2, -0.15) is 4.39 Å². The molecule has 0 spiro atoms. The van der Waals surface area contributed by atoms with Gasteiger partial charge in [0.15, 0.2) is 0 Å². The quantitative estimate of drug-likeness (QED) is 0.821. The minimum Gasteiger partial charge on any atom is -0.476 e. The van der Waals surface area contributed by atoms with Gasteiger partial charge in [0.05, 0.1) is 0 Å². The van der Waals surface area contributed by atoms with Crippen LogP contribution in [0.25, 0.3) is 5.57 Å². The van der Waals surface area contributed by atoms with Crippen LogP contribution in [-0.2, 0) is 4.79 Å². The van der Waals surface area contributed by atoms with Crippen molar-refractivity contribution in [3.63, 3.8) is 0 Å². The molecule has 2 nitrogen and oxygen atoms in total. The number of benzene rings is 1. The van der Waals surface area contributed by atoms with Gasteiger partial charge in [-0.3, -0.25) is 0 Å². The number of halogens is 2. The maximum Gasteiger partial charge on any atom is 0.365 e. The predicted octanol–water partition coefficient (Wildman–Crippen LogP) is 3.52. The molecular weight excluding hydrogens is 231 g/mol. The second-order valence-corrected chi connectivity index (χ2v) is 4.25. The van der Waals surface area contributed by atoms with Gasteiger partial charge in [0.1, 0.15) is 0 Å². The van der Waals surface area contributed by atoms with E-state index in [1.807, 2.05) is 0 Å². The first kappa shape index (κ1) is 11.1. The van der Waals surface area contributed by atoms with Gasteiger partial charge in [-0.1, -0.05) is 23.7 Å². The topological polar surface area (TPSA) is 37.3 Å². The summed E-state index contributed by atoms with van der Waals surface area (Å²) in [5, 5.41) is 9.24. The molecule has 1 fully saturated rings. The molecule has 1 aliphatic carbocycles. The Labute approximate surface area is 97.4 Å². The zero-order valence-electron chi connectivity index (χ0n) is 8.41. The summed E-state index contributed by atoms with van der Waals surface area (Å²) >= 11 is 5.73. The van der Waals surface area contributed by atoms with Crippen molar-refractivity contribution in [3.05, 3.63) is 40.7 Å². The van der Waals surface area contributed by atoms with E-state index < -0.39 is 11.8 Å². The van der Waals surface area contributed by atoms with E-state index in [9.17, 15) is 9.18 Å². The lowest BCUT2D eigenvalue weighted by Gasteiger charge is -2.06. The van der Waals surface area contributed by atoms with Gasteiger partial charge >= 0.3 is 5.97 Å². The highest BCUT2D eigenvalue weighted by Gasteiger charge is 2.32. The monoisotopic (exact) mass is 240 g/mol. The normalized spacial score (nSPS) is 16.9. The van der Waals surface area contributed by atoms with Gasteiger partial charge < -0.3 is 5.11 Å². The Hall–Kier alpha value is -1.35. The first-order chi connectivity index (χ1) is 7.59. The zero-order chi connectivity index (χ0) is 11.7. The minimum atomic E-state index is -1.50. The molecular formula is C12H10ClFO2. The summed E-state index contributed by atoms with van der Waals surface area (Å²) < 4.78 is 13.5. The first-order valence-corrected chi connectivity index (χ1v) is 5.36. The van der Waals surface area contributed by atoms with Gasteiger partial charge in [-0.15, -0.1) is 0 Å². The molecule has 2 rings (SSSR count). The van der Waals surface area contributed by atoms with Gasteiger partial charge in [0, 0.05) is 10.6 Å². The van der Waals surface area contributed by atoms with Crippen LogP contribution in [-0.4, -0.2) is 11.1 Å². The first-order valence-electron chi connectivity index (χ1n) is 4.98. The van der Waals surface area contributed by atoms with E-state index in [2.05, 4.69) is 0 Å². The van der Waals surface area contributed by atoms with E-state index in [4.69, 9.17) is 16.7 Å². The fourth-order valence-electron chi connectivity index (χ4n) is 1.66. The third-order valence-electron chi connectivity index (χ3n) is 2.57. The molecule has 0 radical (unpaired) electrons. The largest absolute Gasteiger partial charge is 0.476 e. The third kappa shape index (κ3) is 2.25. The number of allylic oxidation sites excluding steroid dienone is 1. The van der Waals surface area contributed by atoms with Crippen LogP contribution in [0.1, 0.15) is 18.4 Å². The second kappa shape index (κ2) is 4.26. The molecule has 0 aromatic heterocycles. The van der Waals surface area contributed by atoms with Crippen LogP contribution >= 0.6 is 11.6 Å². The summed E-state index contributed by atoms with van der Waals surface area (Å²) in [4.78, 5) is 10.7. The van der Waals surface area contributed by atoms with Crippen LogP contribution in [0.2, 0.25) is 5.02 Å². The van der Waals surface area contributed by atoms with Crippen molar-refractivity contribution in [3.8, 4) is 0 Å². The van der Waals surface area contributed by atoms with E-state index in [0.29, 0.717) is 16.2 Å². The van der Waals surface area contributed by atoms with Crippen LogP contribution < -0.4 is 0 Å². The predicted molar refractivity (Wildman–Crippen MR) is 59.8 cm³/mol. The summed E-state index contributed by atoms with van der Waals surface area (Å²) in [5.41, 5.74) is 0.899. The van der Waals surface area contributed by atoms with Gasteiger partial charge in [0.2, 0.25) is 5.83 Å². The summed E-state index contributed by atoms with van der Waals surface area (Å²) in [7, 11) is 0. The number of aliphatic carboxylic acids is 1. The number of hydrogen-bond donors (Lipinski definition) is 1. The van der Waals surface area contributed by atoms with Crippen LogP contribution in [0.15, 0.2) is 30.1 Å². The smallest absolute Gasteiger partial charge is 0.365 e. The number of carboxylic acids is 1. The molecule has 0 saturated heterocycles. The molecule has 0 aliphatic heterocycles. The summed E-state index contributed by atoms with van der Waals surface area (Å²) in [6, 6.07) is 6.57. The number of carbonyl (C=O) groups is 1. The second-order valence-electron chi connectivity index (χ2n) is 3.81. The van der Waals surface area contributed by atoms with E-state index in [1.54, 1.807) is 24.3 Å². The van der Waals surface area contributed by atoms with Crippen molar-refractivity contribution < 1.29 is 14.3 Å². The summed E-state index contributed by atoms with van der Waals surface area (Å²) in [6.07, 6.45) is 1.69. The van der Waals surface area contributed by atoms with Crippen LogP contribution in [0.5, 0.6) is 0 Å². The Balaban J connectivity index is 2.44. The van der Waals surface area contributed by atoms with Crippen molar-refractivity contribution in [2.45, 2.75) is 12.8 Å². The molecule has 1 aromatic carbocycles. The molecule has 1 aromatic rings. The maximum absolute atomic E-state index is 13.5. The van der Waals surface area contributed by atoms with Crippen molar-refractivity contribution in [1.82, 2.24) is 0 Å². The molecule has 0 heterocycles. The van der Waals surface area contributed by atoms with E-state index >= 15 is 0 Å². The number of carboxylic acid groups (broad SMARTS) is 1. The maximum atomic E-state index is 13.5. The number of rotatable bonds is 3. The van der Waals surface area contributed by atoms with Gasteiger partial charge in [-0.05, 0) is 36.5 Å². The molecule has 0 amide bonds. The molecule has 84 valence electrons. The fourth-order valence-corrected chi connectivity index (χ4v) is 1.78. The molecule has 0 bridgehead atoms. The number of hydrogen-bond acceptors (Lipinski definition) is 1. The highest BCUT2D eigenvalue weighted by atomic mass is 35.5. The highest BCUT2D eigenvalue weighted by molar-refractivity contribution is 6.30. The van der Waals surface area contributed by atoms with Crippen LogP contribution in [0, 0.1) is 5.92 Å². The average molecular weight is 241 g/mol. The fraction of sp³-hybridized carbons (Fsp3) is 0.250. The van der Waals surface area contributed by atoms with Crippen LogP contribution in [0.4, 0.5) is 4.39 Å². The Morgan fingerprint density at radius 2 is 1.88 bits per heavy atom. The molecule has 0 atom stereocenters. The lowest BCUT2D eigenvalue weighted by Crippen LogP contribution is -2.01. The average Bonchev–Trinajstić information content (AvgIpc) is 3.05. The highest BCUT2D eigenvalue weighted by Crippen LogP contribution is 2.44. The van der Waals surface area contributed by atoms with Gasteiger partial charge in [-0.25, -0.2) is 4.79 Å². The zero-order valence-corrected chi connectivity index (χ0v) is 9.17. The lowest BCUT2D eigenvalue weighted by atomic mass is 10.0. The van der Waals surface area contributed by atoms with Crippen molar-refractivity contribution in [2.75, 3.05) is 0 Å². The summed E-state index contributed by atoms with van der Waals surface area (Å²) in [6.45, 7) is 0. The molecule has 1 N–H and O–H groups in total. The Bertz CT molecular complexity index is 447. The van der Waals surface area contributed by atoms with Crippen LogP contribution in [0.3, 0.4) is 0 Å². The van der Waals surface area contributed by atoms with E-state index in [1.165, 1.54) is 0 Å². The third-order valence-corrected chi connectivity index (χ3v) is 2.82. The van der Waals surface area contributed by atoms with E-state index in [-0.39, 0.29) is 5.92 Å². The molecule has 0 unspecified atom stereocenters. The lowest BCUT2D eigenvalue weighted by molar-refractivity contribution is -0.134. The Morgan fingerprint density at radius 1 is 1.31 bits per heavy atom. The molecule has 1 aliphatic rings. The molecule has 1 saturated carbocycles. The van der Waals surface area contributed by atoms with Crippen molar-refractivity contribution in [1.29, 1.82) is 0 Å². The van der Waals surface area contributed by atoms with Crippen molar-refractivity contribution in [2.24, 2.45) is 5.92 Å². The molecule has 4 heteroatoms. The van der Waals surface area contributed by atoms with Crippen molar-refractivity contribution >= 4 is 23.1 Å².